The van der Waals surface area contributed by atoms with E-state index < -0.39 is 0 Å². The van der Waals surface area contributed by atoms with Crippen molar-refractivity contribution in [3.05, 3.63) is 52.7 Å². The summed E-state index contributed by atoms with van der Waals surface area (Å²) < 4.78 is 20.5. The molecule has 1 aliphatic rings. The van der Waals surface area contributed by atoms with Crippen molar-refractivity contribution < 1.29 is 9.13 Å². The second-order valence-electron chi connectivity index (χ2n) is 8.75. The minimum atomic E-state index is -0.284. The largest absolute Gasteiger partial charge is 0.486 e. The molecule has 1 aliphatic carbocycles. The number of rotatable bonds is 5. The molecular weight excluding hydrogens is 399 g/mol. The Balaban J connectivity index is 1.46. The third kappa shape index (κ3) is 3.35. The molecule has 5 nitrogen and oxygen atoms in total. The highest BCUT2D eigenvalue weighted by molar-refractivity contribution is 7.19. The van der Waals surface area contributed by atoms with Gasteiger partial charge in [-0.05, 0) is 60.4 Å². The van der Waals surface area contributed by atoms with Crippen LogP contribution in [0, 0.1) is 17.2 Å². The number of benzene rings is 1. The molecule has 156 valence electrons. The van der Waals surface area contributed by atoms with E-state index in [-0.39, 0.29) is 12.4 Å². The van der Waals surface area contributed by atoms with Crippen LogP contribution in [0.1, 0.15) is 49.9 Å². The molecule has 7 heteroatoms. The Morgan fingerprint density at radius 2 is 2.07 bits per heavy atom. The first-order chi connectivity index (χ1) is 14.4. The maximum absolute atomic E-state index is 13.1. The number of ether oxygens (including phenoxy) is 1. The van der Waals surface area contributed by atoms with Gasteiger partial charge in [-0.2, -0.15) is 0 Å². The molecule has 5 rings (SSSR count). The summed E-state index contributed by atoms with van der Waals surface area (Å²) >= 11 is 1.81. The Labute approximate surface area is 178 Å². The van der Waals surface area contributed by atoms with Gasteiger partial charge in [0.15, 0.2) is 11.5 Å². The Hall–Kier alpha value is -2.54. The molecule has 30 heavy (non-hydrogen) atoms. The van der Waals surface area contributed by atoms with Gasteiger partial charge >= 0.3 is 0 Å². The SMILES string of the molecule is CCC(C)(C)C1CCc2c(sc3ncn4nc(COc5ccc(F)cc5)nc4c23)C1. The van der Waals surface area contributed by atoms with Crippen LogP contribution in [0.15, 0.2) is 30.6 Å². The summed E-state index contributed by atoms with van der Waals surface area (Å²) in [6.07, 6.45) is 6.33. The Bertz CT molecular complexity index is 1210. The molecule has 0 aliphatic heterocycles. The van der Waals surface area contributed by atoms with Crippen molar-refractivity contribution in [1.82, 2.24) is 19.6 Å². The van der Waals surface area contributed by atoms with Gasteiger partial charge in [-0.1, -0.05) is 27.2 Å². The Kier molecular flexibility index (Phi) is 4.73. The number of aromatic nitrogens is 4. The number of aryl methyl sites for hydroxylation is 1. The average molecular weight is 425 g/mol. The monoisotopic (exact) mass is 424 g/mol. The van der Waals surface area contributed by atoms with Gasteiger partial charge in [0.25, 0.3) is 0 Å². The molecule has 0 saturated heterocycles. The molecule has 0 fully saturated rings. The molecule has 4 aromatic rings. The Morgan fingerprint density at radius 1 is 1.27 bits per heavy atom. The fraction of sp³-hybridized carbons (Fsp3) is 0.435. The number of hydrogen-bond donors (Lipinski definition) is 0. The van der Waals surface area contributed by atoms with Gasteiger partial charge in [0.2, 0.25) is 0 Å². The maximum Gasteiger partial charge on any atom is 0.189 e. The van der Waals surface area contributed by atoms with Crippen molar-refractivity contribution in [3.8, 4) is 5.75 Å². The molecule has 3 aromatic heterocycles. The lowest BCUT2D eigenvalue weighted by molar-refractivity contribution is 0.184. The van der Waals surface area contributed by atoms with Crippen LogP contribution in [0.4, 0.5) is 4.39 Å². The minimum Gasteiger partial charge on any atom is -0.486 e. The summed E-state index contributed by atoms with van der Waals surface area (Å²) in [5.74, 6) is 1.61. The highest BCUT2D eigenvalue weighted by atomic mass is 32.1. The van der Waals surface area contributed by atoms with E-state index in [0.717, 1.165) is 28.7 Å². The van der Waals surface area contributed by atoms with E-state index in [2.05, 4.69) is 30.9 Å². The second-order valence-corrected chi connectivity index (χ2v) is 9.83. The summed E-state index contributed by atoms with van der Waals surface area (Å²) in [6, 6.07) is 5.97. The second kappa shape index (κ2) is 7.30. The molecular formula is C23H25FN4OS. The quantitative estimate of drug-likeness (QED) is 0.419. The molecule has 1 aromatic carbocycles. The van der Waals surface area contributed by atoms with E-state index >= 15 is 0 Å². The zero-order chi connectivity index (χ0) is 20.9. The number of thiophene rings is 1. The lowest BCUT2D eigenvalue weighted by atomic mass is 9.70. The van der Waals surface area contributed by atoms with Gasteiger partial charge < -0.3 is 4.74 Å². The summed E-state index contributed by atoms with van der Waals surface area (Å²) in [7, 11) is 0. The minimum absolute atomic E-state index is 0.230. The van der Waals surface area contributed by atoms with Crippen molar-refractivity contribution in [1.29, 1.82) is 0 Å². The zero-order valence-corrected chi connectivity index (χ0v) is 18.3. The van der Waals surface area contributed by atoms with Gasteiger partial charge in [0, 0.05) is 4.88 Å². The molecule has 0 spiro atoms. The highest BCUT2D eigenvalue weighted by Crippen LogP contribution is 2.44. The highest BCUT2D eigenvalue weighted by Gasteiger charge is 2.33. The standard InChI is InChI=1S/C23H25FN4OS/c1-4-23(2,3)14-5-10-17-18(11-14)30-22-20(17)21-26-19(27-28(21)13-25-22)12-29-16-8-6-15(24)7-9-16/h6-9,13-14H,4-5,10-12H2,1-3H3. The predicted molar refractivity (Wildman–Crippen MR) is 116 cm³/mol. The zero-order valence-electron chi connectivity index (χ0n) is 17.5. The molecule has 1 unspecified atom stereocenters. The van der Waals surface area contributed by atoms with Crippen LogP contribution in [-0.4, -0.2) is 19.6 Å². The number of hydrogen-bond acceptors (Lipinski definition) is 5. The van der Waals surface area contributed by atoms with Crippen LogP contribution in [0.25, 0.3) is 15.9 Å². The van der Waals surface area contributed by atoms with Crippen LogP contribution in [0.5, 0.6) is 5.75 Å². The smallest absolute Gasteiger partial charge is 0.189 e. The molecule has 0 amide bonds. The first-order valence-electron chi connectivity index (χ1n) is 10.5. The summed E-state index contributed by atoms with van der Waals surface area (Å²) in [4.78, 5) is 11.9. The van der Waals surface area contributed by atoms with Crippen LogP contribution in [0.2, 0.25) is 0 Å². The van der Waals surface area contributed by atoms with Crippen LogP contribution < -0.4 is 4.74 Å². The van der Waals surface area contributed by atoms with E-state index in [1.807, 2.05) is 0 Å². The molecule has 0 N–H and O–H groups in total. The predicted octanol–water partition coefficient (Wildman–Crippen LogP) is 5.60. The lowest BCUT2D eigenvalue weighted by Crippen LogP contribution is -2.28. The van der Waals surface area contributed by atoms with E-state index in [1.165, 1.54) is 35.4 Å². The summed E-state index contributed by atoms with van der Waals surface area (Å²) in [5.41, 5.74) is 2.61. The van der Waals surface area contributed by atoms with Crippen molar-refractivity contribution in [2.75, 3.05) is 0 Å². The van der Waals surface area contributed by atoms with Crippen LogP contribution >= 0.6 is 11.3 Å². The van der Waals surface area contributed by atoms with Crippen molar-refractivity contribution in [3.63, 3.8) is 0 Å². The van der Waals surface area contributed by atoms with E-state index in [0.29, 0.717) is 22.9 Å². The molecule has 0 bridgehead atoms. The molecule has 0 saturated carbocycles. The van der Waals surface area contributed by atoms with E-state index in [4.69, 9.17) is 9.72 Å². The molecule has 0 radical (unpaired) electrons. The van der Waals surface area contributed by atoms with Crippen molar-refractivity contribution >= 4 is 27.2 Å². The first-order valence-corrected chi connectivity index (χ1v) is 11.3. The van der Waals surface area contributed by atoms with Crippen LogP contribution in [-0.2, 0) is 19.4 Å². The van der Waals surface area contributed by atoms with Gasteiger partial charge in [-0.15, -0.1) is 16.4 Å². The van der Waals surface area contributed by atoms with Gasteiger partial charge in [-0.3, -0.25) is 0 Å². The number of fused-ring (bicyclic) bond motifs is 5. The fourth-order valence-electron chi connectivity index (χ4n) is 4.31. The van der Waals surface area contributed by atoms with Crippen LogP contribution in [0.3, 0.4) is 0 Å². The van der Waals surface area contributed by atoms with Crippen molar-refractivity contribution in [2.24, 2.45) is 11.3 Å². The maximum atomic E-state index is 13.1. The summed E-state index contributed by atoms with van der Waals surface area (Å²) in [6.45, 7) is 7.29. The first kappa shape index (κ1) is 19.4. The average Bonchev–Trinajstić information content (AvgIpc) is 3.33. The van der Waals surface area contributed by atoms with Gasteiger partial charge in [0.05, 0.1) is 5.39 Å². The molecule has 1 atom stereocenters. The van der Waals surface area contributed by atoms with Gasteiger partial charge in [-0.25, -0.2) is 18.9 Å². The van der Waals surface area contributed by atoms with Gasteiger partial charge in [0.1, 0.15) is 29.3 Å². The van der Waals surface area contributed by atoms with E-state index in [1.54, 1.807) is 34.3 Å². The van der Waals surface area contributed by atoms with Crippen molar-refractivity contribution in [2.45, 2.75) is 53.1 Å². The fourth-order valence-corrected chi connectivity index (χ4v) is 5.58. The number of nitrogens with zero attached hydrogens (tertiary/aromatic N) is 4. The topological polar surface area (TPSA) is 52.3 Å². The number of halogens is 1. The Morgan fingerprint density at radius 3 is 2.83 bits per heavy atom. The third-order valence-corrected chi connectivity index (χ3v) is 7.79. The normalized spacial score (nSPS) is 16.9. The summed E-state index contributed by atoms with van der Waals surface area (Å²) in [5, 5.41) is 5.68. The third-order valence-electron chi connectivity index (χ3n) is 6.63. The lowest BCUT2D eigenvalue weighted by Gasteiger charge is -2.36. The van der Waals surface area contributed by atoms with E-state index in [9.17, 15) is 4.39 Å². The molecule has 3 heterocycles.